The van der Waals surface area contributed by atoms with E-state index in [1.165, 1.54) is 0 Å². The summed E-state index contributed by atoms with van der Waals surface area (Å²) in [6, 6.07) is 9.21. The second-order valence-electron chi connectivity index (χ2n) is 4.25. The minimum Gasteiger partial charge on any atom is -0.457 e. The van der Waals surface area contributed by atoms with E-state index in [-0.39, 0.29) is 6.04 Å². The van der Waals surface area contributed by atoms with Crippen molar-refractivity contribution in [3.63, 3.8) is 0 Å². The lowest BCUT2D eigenvalue weighted by Crippen LogP contribution is -2.10. The van der Waals surface area contributed by atoms with Crippen molar-refractivity contribution in [1.29, 1.82) is 0 Å². The van der Waals surface area contributed by atoms with E-state index in [1.807, 2.05) is 37.3 Å². The third kappa shape index (κ3) is 1.87. The molecule has 0 radical (unpaired) electrons. The Morgan fingerprint density at radius 1 is 1.28 bits per heavy atom. The molecule has 0 saturated heterocycles. The highest BCUT2D eigenvalue weighted by molar-refractivity contribution is 5.73. The van der Waals surface area contributed by atoms with Gasteiger partial charge in [-0.05, 0) is 30.7 Å². The number of nitrogens with zero attached hydrogens (tertiary/aromatic N) is 2. The largest absolute Gasteiger partial charge is 0.457 e. The van der Waals surface area contributed by atoms with Crippen molar-refractivity contribution >= 4 is 11.1 Å². The Hall–Kier alpha value is -2.20. The summed E-state index contributed by atoms with van der Waals surface area (Å²) < 4.78 is 5.72. The Morgan fingerprint density at radius 3 is 2.94 bits per heavy atom. The summed E-state index contributed by atoms with van der Waals surface area (Å²) in [4.78, 5) is 8.47. The number of nitrogens with two attached hydrogens (primary N) is 1. The van der Waals surface area contributed by atoms with Crippen molar-refractivity contribution in [2.75, 3.05) is 0 Å². The molecule has 1 unspecified atom stereocenters. The molecule has 18 heavy (non-hydrogen) atoms. The monoisotopic (exact) mass is 239 g/mol. The number of aromatic nitrogens is 2. The van der Waals surface area contributed by atoms with Crippen LogP contribution in [0.2, 0.25) is 0 Å². The van der Waals surface area contributed by atoms with Gasteiger partial charge in [-0.3, -0.25) is 4.98 Å². The number of hydrogen-bond acceptors (Lipinski definition) is 4. The number of furan rings is 1. The average Bonchev–Trinajstić information content (AvgIpc) is 2.81. The molecule has 0 aliphatic heterocycles. The molecule has 4 nitrogen and oxygen atoms in total. The first-order valence-corrected chi connectivity index (χ1v) is 5.76. The van der Waals surface area contributed by atoms with Crippen LogP contribution in [0.4, 0.5) is 0 Å². The molecular weight excluding hydrogens is 226 g/mol. The zero-order valence-corrected chi connectivity index (χ0v) is 10.00. The number of hydrogen-bond donors (Lipinski definition) is 1. The maximum absolute atomic E-state index is 6.16. The molecule has 3 rings (SSSR count). The zero-order valence-electron chi connectivity index (χ0n) is 10.00. The van der Waals surface area contributed by atoms with Crippen LogP contribution in [0.3, 0.4) is 0 Å². The van der Waals surface area contributed by atoms with Crippen LogP contribution in [-0.2, 0) is 0 Å². The lowest BCUT2D eigenvalue weighted by atomic mass is 10.1. The van der Waals surface area contributed by atoms with E-state index in [1.54, 1.807) is 12.4 Å². The van der Waals surface area contributed by atoms with Crippen LogP contribution >= 0.6 is 0 Å². The standard InChI is InChI=1S/C14H13N3O/c1-9-4-5-12-11(17-9)7-13(18-12)14(15)10-3-2-6-16-8-10/h2-8,14H,15H2,1H3. The molecule has 2 N–H and O–H groups in total. The maximum Gasteiger partial charge on any atom is 0.152 e. The molecule has 0 saturated carbocycles. The van der Waals surface area contributed by atoms with Gasteiger partial charge in [0.25, 0.3) is 0 Å². The summed E-state index contributed by atoms with van der Waals surface area (Å²) in [5.41, 5.74) is 9.64. The van der Waals surface area contributed by atoms with Crippen LogP contribution < -0.4 is 5.73 Å². The SMILES string of the molecule is Cc1ccc2oc(C(N)c3cccnc3)cc2n1. The smallest absolute Gasteiger partial charge is 0.152 e. The normalized spacial score (nSPS) is 12.8. The first kappa shape index (κ1) is 10.9. The van der Waals surface area contributed by atoms with E-state index >= 15 is 0 Å². The molecule has 0 fully saturated rings. The number of aryl methyl sites for hydroxylation is 1. The summed E-state index contributed by atoms with van der Waals surface area (Å²) in [5, 5.41) is 0. The number of rotatable bonds is 2. The van der Waals surface area contributed by atoms with E-state index in [0.717, 1.165) is 22.4 Å². The second kappa shape index (κ2) is 4.23. The fraction of sp³-hybridized carbons (Fsp3) is 0.143. The van der Waals surface area contributed by atoms with Crippen LogP contribution in [0.15, 0.2) is 47.1 Å². The van der Waals surface area contributed by atoms with Crippen molar-refractivity contribution < 1.29 is 4.42 Å². The molecule has 0 bridgehead atoms. The molecule has 0 aromatic carbocycles. The van der Waals surface area contributed by atoms with Crippen molar-refractivity contribution in [1.82, 2.24) is 9.97 Å². The summed E-state index contributed by atoms with van der Waals surface area (Å²) in [6.07, 6.45) is 3.47. The second-order valence-corrected chi connectivity index (χ2v) is 4.25. The van der Waals surface area contributed by atoms with Crippen LogP contribution in [0.1, 0.15) is 23.1 Å². The van der Waals surface area contributed by atoms with Gasteiger partial charge in [0.2, 0.25) is 0 Å². The molecule has 1 atom stereocenters. The Kier molecular flexibility index (Phi) is 2.57. The van der Waals surface area contributed by atoms with Gasteiger partial charge in [0.05, 0.1) is 6.04 Å². The minimum atomic E-state index is -0.312. The summed E-state index contributed by atoms with van der Waals surface area (Å²) in [7, 11) is 0. The fourth-order valence-corrected chi connectivity index (χ4v) is 1.92. The van der Waals surface area contributed by atoms with Crippen LogP contribution in [0.5, 0.6) is 0 Å². The molecule has 0 spiro atoms. The molecule has 3 aromatic heterocycles. The van der Waals surface area contributed by atoms with Gasteiger partial charge in [-0.25, -0.2) is 4.98 Å². The van der Waals surface area contributed by atoms with E-state index < -0.39 is 0 Å². The van der Waals surface area contributed by atoms with Gasteiger partial charge in [-0.2, -0.15) is 0 Å². The quantitative estimate of drug-likeness (QED) is 0.746. The summed E-state index contributed by atoms with van der Waals surface area (Å²) in [5.74, 6) is 0.705. The Bertz CT molecular complexity index is 676. The van der Waals surface area contributed by atoms with Crippen LogP contribution in [0, 0.1) is 6.92 Å². The Balaban J connectivity index is 2.04. The van der Waals surface area contributed by atoms with E-state index in [0.29, 0.717) is 5.76 Å². The first-order chi connectivity index (χ1) is 8.74. The fourth-order valence-electron chi connectivity index (χ4n) is 1.92. The summed E-state index contributed by atoms with van der Waals surface area (Å²) in [6.45, 7) is 1.95. The maximum atomic E-state index is 6.16. The molecule has 0 aliphatic rings. The van der Waals surface area contributed by atoms with Crippen LogP contribution in [-0.4, -0.2) is 9.97 Å². The molecule has 90 valence electrons. The van der Waals surface area contributed by atoms with Crippen molar-refractivity contribution in [2.24, 2.45) is 5.73 Å². The minimum absolute atomic E-state index is 0.312. The van der Waals surface area contributed by atoms with Crippen LogP contribution in [0.25, 0.3) is 11.1 Å². The molecule has 0 aliphatic carbocycles. The molecule has 0 amide bonds. The van der Waals surface area contributed by atoms with Crippen molar-refractivity contribution in [3.05, 3.63) is 59.7 Å². The van der Waals surface area contributed by atoms with Gasteiger partial charge in [-0.15, -0.1) is 0 Å². The number of fused-ring (bicyclic) bond motifs is 1. The lowest BCUT2D eigenvalue weighted by molar-refractivity contribution is 0.524. The first-order valence-electron chi connectivity index (χ1n) is 5.76. The Labute approximate surface area is 104 Å². The highest BCUT2D eigenvalue weighted by Gasteiger charge is 2.14. The van der Waals surface area contributed by atoms with Gasteiger partial charge in [0.15, 0.2) is 5.58 Å². The molecule has 4 heteroatoms. The highest BCUT2D eigenvalue weighted by Crippen LogP contribution is 2.25. The van der Waals surface area contributed by atoms with E-state index in [9.17, 15) is 0 Å². The van der Waals surface area contributed by atoms with Gasteiger partial charge in [0, 0.05) is 24.2 Å². The third-order valence-electron chi connectivity index (χ3n) is 2.88. The van der Waals surface area contributed by atoms with E-state index in [4.69, 9.17) is 10.2 Å². The van der Waals surface area contributed by atoms with Gasteiger partial charge < -0.3 is 10.2 Å². The number of pyridine rings is 2. The van der Waals surface area contributed by atoms with Crippen molar-refractivity contribution in [2.45, 2.75) is 13.0 Å². The molecular formula is C14H13N3O. The van der Waals surface area contributed by atoms with E-state index in [2.05, 4.69) is 9.97 Å². The molecule has 3 heterocycles. The average molecular weight is 239 g/mol. The van der Waals surface area contributed by atoms with Gasteiger partial charge in [-0.1, -0.05) is 6.07 Å². The predicted octanol–water partition coefficient (Wildman–Crippen LogP) is 2.58. The highest BCUT2D eigenvalue weighted by atomic mass is 16.3. The molecule has 3 aromatic rings. The topological polar surface area (TPSA) is 64.9 Å². The predicted molar refractivity (Wildman–Crippen MR) is 69.0 cm³/mol. The van der Waals surface area contributed by atoms with Gasteiger partial charge >= 0.3 is 0 Å². The third-order valence-corrected chi connectivity index (χ3v) is 2.88. The Morgan fingerprint density at radius 2 is 2.17 bits per heavy atom. The van der Waals surface area contributed by atoms with Gasteiger partial charge in [0.1, 0.15) is 11.3 Å². The zero-order chi connectivity index (χ0) is 12.5. The lowest BCUT2D eigenvalue weighted by Gasteiger charge is -2.07. The summed E-state index contributed by atoms with van der Waals surface area (Å²) >= 11 is 0. The van der Waals surface area contributed by atoms with Crippen molar-refractivity contribution in [3.8, 4) is 0 Å².